The SMILES string of the molecule is Fc1ccccc1.O=Cc1cccc(C(F)(F)F)c1. The fraction of sp³-hybridized carbons (Fsp3) is 0.0714. The first-order valence-corrected chi connectivity index (χ1v) is 5.26. The third-order valence-corrected chi connectivity index (χ3v) is 2.08. The van der Waals surface area contributed by atoms with E-state index >= 15 is 0 Å². The van der Waals surface area contributed by atoms with Crippen molar-refractivity contribution in [2.45, 2.75) is 6.18 Å². The smallest absolute Gasteiger partial charge is 0.298 e. The second-order valence-electron chi connectivity index (χ2n) is 3.54. The summed E-state index contributed by atoms with van der Waals surface area (Å²) in [6.45, 7) is 0. The molecule has 0 aromatic heterocycles. The van der Waals surface area contributed by atoms with Gasteiger partial charge in [0.15, 0.2) is 0 Å². The normalized spacial score (nSPS) is 10.3. The highest BCUT2D eigenvalue weighted by atomic mass is 19.4. The molecule has 100 valence electrons. The van der Waals surface area contributed by atoms with E-state index in [0.29, 0.717) is 6.29 Å². The van der Waals surface area contributed by atoms with Gasteiger partial charge in [-0.25, -0.2) is 4.39 Å². The van der Waals surface area contributed by atoms with Gasteiger partial charge in [-0.05, 0) is 24.3 Å². The fourth-order valence-corrected chi connectivity index (χ4v) is 1.20. The Morgan fingerprint density at radius 2 is 1.53 bits per heavy atom. The Morgan fingerprint density at radius 3 is 1.95 bits per heavy atom. The van der Waals surface area contributed by atoms with Gasteiger partial charge in [0.2, 0.25) is 0 Å². The van der Waals surface area contributed by atoms with Crippen LogP contribution in [-0.2, 0) is 6.18 Å². The van der Waals surface area contributed by atoms with Gasteiger partial charge >= 0.3 is 6.18 Å². The van der Waals surface area contributed by atoms with Gasteiger partial charge in [-0.3, -0.25) is 4.79 Å². The van der Waals surface area contributed by atoms with Crippen molar-refractivity contribution in [1.82, 2.24) is 0 Å². The Labute approximate surface area is 107 Å². The van der Waals surface area contributed by atoms with Gasteiger partial charge in [0.05, 0.1) is 5.56 Å². The molecule has 0 radical (unpaired) electrons. The van der Waals surface area contributed by atoms with Crippen molar-refractivity contribution >= 4 is 6.29 Å². The molecule has 0 saturated carbocycles. The summed E-state index contributed by atoms with van der Waals surface area (Å²) >= 11 is 0. The van der Waals surface area contributed by atoms with E-state index in [-0.39, 0.29) is 11.4 Å². The van der Waals surface area contributed by atoms with Crippen LogP contribution >= 0.6 is 0 Å². The zero-order valence-corrected chi connectivity index (χ0v) is 9.69. The highest BCUT2D eigenvalue weighted by molar-refractivity contribution is 5.74. The zero-order valence-electron chi connectivity index (χ0n) is 9.69. The maximum Gasteiger partial charge on any atom is 0.416 e. The number of carbonyl (C=O) groups excluding carboxylic acids is 1. The molecule has 2 rings (SSSR count). The summed E-state index contributed by atoms with van der Waals surface area (Å²) in [5.74, 6) is -0.178. The minimum absolute atomic E-state index is 0.0322. The topological polar surface area (TPSA) is 17.1 Å². The van der Waals surface area contributed by atoms with Crippen molar-refractivity contribution in [3.8, 4) is 0 Å². The second-order valence-corrected chi connectivity index (χ2v) is 3.54. The first-order valence-electron chi connectivity index (χ1n) is 5.26. The molecule has 0 N–H and O–H groups in total. The number of halogens is 4. The lowest BCUT2D eigenvalue weighted by atomic mass is 10.1. The second kappa shape index (κ2) is 6.68. The van der Waals surface area contributed by atoms with Gasteiger partial charge in [0, 0.05) is 5.56 Å². The number of hydrogen-bond acceptors (Lipinski definition) is 1. The summed E-state index contributed by atoms with van der Waals surface area (Å²) in [7, 11) is 0. The summed E-state index contributed by atoms with van der Waals surface area (Å²) in [5, 5.41) is 0. The number of carbonyl (C=O) groups is 1. The fourth-order valence-electron chi connectivity index (χ4n) is 1.20. The Hall–Kier alpha value is -2.17. The lowest BCUT2D eigenvalue weighted by Crippen LogP contribution is -2.04. The van der Waals surface area contributed by atoms with E-state index in [2.05, 4.69) is 0 Å². The quantitative estimate of drug-likeness (QED) is 0.556. The molecule has 0 saturated heterocycles. The van der Waals surface area contributed by atoms with Crippen molar-refractivity contribution in [3.05, 3.63) is 71.5 Å². The van der Waals surface area contributed by atoms with Crippen molar-refractivity contribution in [3.63, 3.8) is 0 Å². The number of aldehydes is 1. The standard InChI is InChI=1S/C8H5F3O.C6H5F/c9-8(10,11)7-3-1-2-6(4-7)5-12;7-6-4-2-1-3-5-6/h1-5H;1-5H. The zero-order chi connectivity index (χ0) is 14.3. The first-order chi connectivity index (χ1) is 8.93. The van der Waals surface area contributed by atoms with E-state index in [0.717, 1.165) is 12.1 Å². The van der Waals surface area contributed by atoms with Crippen LogP contribution in [0.5, 0.6) is 0 Å². The lowest BCUT2D eigenvalue weighted by molar-refractivity contribution is -0.137. The predicted molar refractivity (Wildman–Crippen MR) is 63.2 cm³/mol. The van der Waals surface area contributed by atoms with Crippen LogP contribution in [0.4, 0.5) is 17.6 Å². The molecule has 2 aromatic rings. The number of hydrogen-bond donors (Lipinski definition) is 0. The Balaban J connectivity index is 0.000000218. The largest absolute Gasteiger partial charge is 0.416 e. The molecule has 0 atom stereocenters. The van der Waals surface area contributed by atoms with Crippen LogP contribution in [-0.4, -0.2) is 6.29 Å². The van der Waals surface area contributed by atoms with Crippen LogP contribution < -0.4 is 0 Å². The Morgan fingerprint density at radius 1 is 0.895 bits per heavy atom. The summed E-state index contributed by atoms with van der Waals surface area (Å²) < 4.78 is 47.9. The maximum absolute atomic E-state index is 12.0. The number of benzene rings is 2. The van der Waals surface area contributed by atoms with Crippen LogP contribution in [0.2, 0.25) is 0 Å². The lowest BCUT2D eigenvalue weighted by Gasteiger charge is -2.05. The van der Waals surface area contributed by atoms with Crippen molar-refractivity contribution in [2.24, 2.45) is 0 Å². The average Bonchev–Trinajstić information content (AvgIpc) is 2.39. The van der Waals surface area contributed by atoms with Crippen molar-refractivity contribution in [1.29, 1.82) is 0 Å². The van der Waals surface area contributed by atoms with Crippen molar-refractivity contribution < 1.29 is 22.4 Å². The van der Waals surface area contributed by atoms with Gasteiger partial charge in [-0.2, -0.15) is 13.2 Å². The van der Waals surface area contributed by atoms with E-state index in [9.17, 15) is 22.4 Å². The van der Waals surface area contributed by atoms with E-state index in [1.165, 1.54) is 24.3 Å². The van der Waals surface area contributed by atoms with Crippen molar-refractivity contribution in [2.75, 3.05) is 0 Å². The van der Waals surface area contributed by atoms with E-state index in [1.54, 1.807) is 18.2 Å². The van der Waals surface area contributed by atoms with Gasteiger partial charge in [0.25, 0.3) is 0 Å². The molecule has 0 aliphatic heterocycles. The monoisotopic (exact) mass is 270 g/mol. The summed E-state index contributed by atoms with van der Waals surface area (Å²) in [4.78, 5) is 10.1. The van der Waals surface area contributed by atoms with Crippen LogP contribution in [0.25, 0.3) is 0 Å². The van der Waals surface area contributed by atoms with Gasteiger partial charge < -0.3 is 0 Å². The Bertz CT molecular complexity index is 520. The molecular formula is C14H10F4O. The highest BCUT2D eigenvalue weighted by Gasteiger charge is 2.30. The third-order valence-electron chi connectivity index (χ3n) is 2.08. The molecule has 19 heavy (non-hydrogen) atoms. The summed E-state index contributed by atoms with van der Waals surface area (Å²) in [6, 6.07) is 12.2. The molecule has 5 heteroatoms. The first kappa shape index (κ1) is 14.9. The van der Waals surface area contributed by atoms with Gasteiger partial charge in [0.1, 0.15) is 12.1 Å². The average molecular weight is 270 g/mol. The van der Waals surface area contributed by atoms with Crippen LogP contribution in [0, 0.1) is 5.82 Å². The van der Waals surface area contributed by atoms with Gasteiger partial charge in [-0.15, -0.1) is 0 Å². The molecule has 0 bridgehead atoms. The number of alkyl halides is 3. The molecule has 0 spiro atoms. The number of rotatable bonds is 1. The molecule has 0 fully saturated rings. The summed E-state index contributed by atoms with van der Waals surface area (Å²) in [6.07, 6.45) is -3.99. The molecule has 0 amide bonds. The minimum Gasteiger partial charge on any atom is -0.298 e. The third kappa shape index (κ3) is 5.33. The van der Waals surface area contributed by atoms with Crippen LogP contribution in [0.15, 0.2) is 54.6 Å². The van der Waals surface area contributed by atoms with Crippen LogP contribution in [0.1, 0.15) is 15.9 Å². The minimum atomic E-state index is -4.38. The highest BCUT2D eigenvalue weighted by Crippen LogP contribution is 2.29. The summed E-state index contributed by atoms with van der Waals surface area (Å²) in [5.41, 5.74) is -0.767. The van der Waals surface area contributed by atoms with Gasteiger partial charge in [-0.1, -0.05) is 30.3 Å². The molecular weight excluding hydrogens is 260 g/mol. The Kier molecular flexibility index (Phi) is 5.23. The molecule has 0 heterocycles. The molecule has 2 aromatic carbocycles. The molecule has 1 nitrogen and oxygen atoms in total. The predicted octanol–water partition coefficient (Wildman–Crippen LogP) is 4.34. The van der Waals surface area contributed by atoms with Crippen LogP contribution in [0.3, 0.4) is 0 Å². The molecule has 0 unspecified atom stereocenters. The molecule has 0 aliphatic rings. The van der Waals surface area contributed by atoms with E-state index in [4.69, 9.17) is 0 Å². The van der Waals surface area contributed by atoms with E-state index < -0.39 is 11.7 Å². The maximum atomic E-state index is 12.0. The molecule has 0 aliphatic carbocycles. The van der Waals surface area contributed by atoms with E-state index in [1.807, 2.05) is 0 Å².